The maximum absolute atomic E-state index is 5.49. The Kier molecular flexibility index (Phi) is 4.27. The molecule has 0 aliphatic heterocycles. The number of nitrogens with zero attached hydrogens (tertiary/aromatic N) is 1. The number of thiophene rings is 1. The van der Waals surface area contributed by atoms with E-state index in [4.69, 9.17) is 4.74 Å². The Morgan fingerprint density at radius 2 is 2.29 bits per heavy atom. The van der Waals surface area contributed by atoms with E-state index in [1.807, 2.05) is 24.5 Å². The van der Waals surface area contributed by atoms with Gasteiger partial charge in [0, 0.05) is 34.8 Å². The van der Waals surface area contributed by atoms with Gasteiger partial charge in [0.25, 0.3) is 0 Å². The molecule has 0 spiro atoms. The fourth-order valence-corrected chi connectivity index (χ4v) is 4.16. The Morgan fingerprint density at radius 3 is 3.10 bits per heavy atom. The summed E-state index contributed by atoms with van der Waals surface area (Å²) in [6.45, 7) is 4.92. The molecule has 3 rings (SSSR count). The third kappa shape index (κ3) is 2.83. The molecule has 0 bridgehead atoms. The number of fused-ring (bicyclic) bond motifs is 1. The van der Waals surface area contributed by atoms with Crippen molar-refractivity contribution in [3.8, 4) is 5.75 Å². The highest BCUT2D eigenvalue weighted by Crippen LogP contribution is 2.33. The molecule has 3 nitrogen and oxygen atoms in total. The van der Waals surface area contributed by atoms with Gasteiger partial charge in [-0.2, -0.15) is 0 Å². The van der Waals surface area contributed by atoms with Gasteiger partial charge in [0.05, 0.1) is 12.8 Å². The minimum Gasteiger partial charge on any atom is -0.496 e. The van der Waals surface area contributed by atoms with Gasteiger partial charge in [0.1, 0.15) is 5.75 Å². The lowest BCUT2D eigenvalue weighted by atomic mass is 9.94. The number of methoxy groups -OCH3 is 1. The molecule has 1 aliphatic rings. The Hall–Kier alpha value is -1.39. The van der Waals surface area contributed by atoms with Crippen molar-refractivity contribution < 1.29 is 4.74 Å². The van der Waals surface area contributed by atoms with E-state index in [0.717, 1.165) is 29.1 Å². The van der Waals surface area contributed by atoms with Crippen molar-refractivity contribution in [1.82, 2.24) is 10.3 Å². The molecule has 1 atom stereocenters. The molecule has 2 aromatic heterocycles. The standard InChI is InChI=1S/C17H22N2OS/c1-11-9-18-15(12(2)17(11)20-3)10-19-14-5-4-6-16-13(14)7-8-21-16/h7-9,14,19H,4-6,10H2,1-3H3. The number of ether oxygens (including phenoxy) is 1. The van der Waals surface area contributed by atoms with Crippen LogP contribution >= 0.6 is 11.3 Å². The summed E-state index contributed by atoms with van der Waals surface area (Å²) in [4.78, 5) is 6.12. The van der Waals surface area contributed by atoms with Gasteiger partial charge in [-0.3, -0.25) is 4.98 Å². The van der Waals surface area contributed by atoms with Crippen LogP contribution in [0.25, 0.3) is 0 Å². The fraction of sp³-hybridized carbons (Fsp3) is 0.471. The molecule has 21 heavy (non-hydrogen) atoms. The largest absolute Gasteiger partial charge is 0.496 e. The van der Waals surface area contributed by atoms with Crippen LogP contribution in [0, 0.1) is 13.8 Å². The van der Waals surface area contributed by atoms with E-state index in [2.05, 4.69) is 28.7 Å². The van der Waals surface area contributed by atoms with Gasteiger partial charge in [-0.25, -0.2) is 0 Å². The number of hydrogen-bond donors (Lipinski definition) is 1. The summed E-state index contributed by atoms with van der Waals surface area (Å²) in [6.07, 6.45) is 5.63. The first-order valence-corrected chi connectivity index (χ1v) is 8.37. The molecule has 1 unspecified atom stereocenters. The number of aryl methyl sites for hydroxylation is 2. The van der Waals surface area contributed by atoms with Gasteiger partial charge in [0.2, 0.25) is 0 Å². The van der Waals surface area contributed by atoms with E-state index >= 15 is 0 Å². The second kappa shape index (κ2) is 6.16. The Morgan fingerprint density at radius 1 is 1.43 bits per heavy atom. The third-order valence-corrected chi connectivity index (χ3v) is 5.31. The highest BCUT2D eigenvalue weighted by atomic mass is 32.1. The number of hydrogen-bond acceptors (Lipinski definition) is 4. The summed E-state index contributed by atoms with van der Waals surface area (Å²) in [5.41, 5.74) is 4.81. The zero-order valence-electron chi connectivity index (χ0n) is 12.9. The zero-order chi connectivity index (χ0) is 14.8. The topological polar surface area (TPSA) is 34.1 Å². The molecule has 0 aromatic carbocycles. The van der Waals surface area contributed by atoms with Gasteiger partial charge in [-0.05, 0) is 50.1 Å². The lowest BCUT2D eigenvalue weighted by Gasteiger charge is -2.24. The molecular formula is C17H22N2OS. The average molecular weight is 302 g/mol. The van der Waals surface area contributed by atoms with E-state index in [1.54, 1.807) is 12.0 Å². The van der Waals surface area contributed by atoms with E-state index in [1.165, 1.54) is 24.8 Å². The van der Waals surface area contributed by atoms with Crippen molar-refractivity contribution in [2.24, 2.45) is 0 Å². The van der Waals surface area contributed by atoms with Crippen molar-refractivity contribution in [3.63, 3.8) is 0 Å². The van der Waals surface area contributed by atoms with E-state index in [0.29, 0.717) is 6.04 Å². The average Bonchev–Trinajstić information content (AvgIpc) is 2.96. The van der Waals surface area contributed by atoms with Crippen LogP contribution in [-0.2, 0) is 13.0 Å². The van der Waals surface area contributed by atoms with Crippen molar-refractivity contribution in [1.29, 1.82) is 0 Å². The van der Waals surface area contributed by atoms with Gasteiger partial charge < -0.3 is 10.1 Å². The van der Waals surface area contributed by atoms with Crippen LogP contribution in [0.5, 0.6) is 5.75 Å². The van der Waals surface area contributed by atoms with Crippen molar-refractivity contribution in [2.75, 3.05) is 7.11 Å². The molecule has 0 radical (unpaired) electrons. The molecule has 1 N–H and O–H groups in total. The first kappa shape index (κ1) is 14.5. The molecule has 0 amide bonds. The maximum atomic E-state index is 5.49. The van der Waals surface area contributed by atoms with Gasteiger partial charge in [0.15, 0.2) is 0 Å². The highest BCUT2D eigenvalue weighted by molar-refractivity contribution is 7.10. The van der Waals surface area contributed by atoms with Gasteiger partial charge in [-0.1, -0.05) is 0 Å². The van der Waals surface area contributed by atoms with E-state index in [-0.39, 0.29) is 0 Å². The monoisotopic (exact) mass is 302 g/mol. The van der Waals surface area contributed by atoms with Gasteiger partial charge >= 0.3 is 0 Å². The van der Waals surface area contributed by atoms with E-state index in [9.17, 15) is 0 Å². The summed E-state index contributed by atoms with van der Waals surface area (Å²) >= 11 is 1.89. The lowest BCUT2D eigenvalue weighted by molar-refractivity contribution is 0.405. The van der Waals surface area contributed by atoms with Crippen molar-refractivity contribution in [3.05, 3.63) is 44.9 Å². The van der Waals surface area contributed by atoms with Crippen molar-refractivity contribution in [2.45, 2.75) is 45.7 Å². The van der Waals surface area contributed by atoms with Crippen LogP contribution < -0.4 is 10.1 Å². The molecule has 1 aliphatic carbocycles. The Balaban J connectivity index is 1.75. The highest BCUT2D eigenvalue weighted by Gasteiger charge is 2.21. The summed E-state index contributed by atoms with van der Waals surface area (Å²) in [5, 5.41) is 5.89. The molecule has 4 heteroatoms. The van der Waals surface area contributed by atoms with Crippen LogP contribution in [-0.4, -0.2) is 12.1 Å². The van der Waals surface area contributed by atoms with Crippen LogP contribution in [0.1, 0.15) is 46.1 Å². The summed E-state index contributed by atoms with van der Waals surface area (Å²) in [5.74, 6) is 0.960. The van der Waals surface area contributed by atoms with Crippen LogP contribution in [0.2, 0.25) is 0 Å². The van der Waals surface area contributed by atoms with Crippen LogP contribution in [0.4, 0.5) is 0 Å². The predicted octanol–water partition coefficient (Wildman–Crippen LogP) is 3.94. The molecular weight excluding hydrogens is 280 g/mol. The van der Waals surface area contributed by atoms with Crippen LogP contribution in [0.15, 0.2) is 17.6 Å². The molecule has 0 saturated heterocycles. The van der Waals surface area contributed by atoms with Crippen LogP contribution in [0.3, 0.4) is 0 Å². The minimum atomic E-state index is 0.466. The normalized spacial score (nSPS) is 17.6. The Labute approximate surface area is 130 Å². The number of pyridine rings is 1. The maximum Gasteiger partial charge on any atom is 0.128 e. The number of aromatic nitrogens is 1. The fourth-order valence-electron chi connectivity index (χ4n) is 3.17. The predicted molar refractivity (Wildman–Crippen MR) is 87.1 cm³/mol. The lowest BCUT2D eigenvalue weighted by Crippen LogP contribution is -2.24. The number of nitrogens with one attached hydrogen (secondary N) is 1. The number of rotatable bonds is 4. The SMILES string of the molecule is COc1c(C)cnc(CNC2CCCc3sccc32)c1C. The van der Waals surface area contributed by atoms with Gasteiger partial charge in [-0.15, -0.1) is 11.3 Å². The second-order valence-electron chi connectivity index (χ2n) is 5.67. The summed E-state index contributed by atoms with van der Waals surface area (Å²) < 4.78 is 5.49. The summed E-state index contributed by atoms with van der Waals surface area (Å²) in [7, 11) is 1.73. The quantitative estimate of drug-likeness (QED) is 0.929. The first-order chi connectivity index (χ1) is 10.2. The molecule has 2 aromatic rings. The summed E-state index contributed by atoms with van der Waals surface area (Å²) in [6, 6.07) is 2.74. The minimum absolute atomic E-state index is 0.466. The molecule has 2 heterocycles. The zero-order valence-corrected chi connectivity index (χ0v) is 13.7. The molecule has 0 saturated carbocycles. The smallest absolute Gasteiger partial charge is 0.128 e. The third-order valence-electron chi connectivity index (χ3n) is 4.32. The second-order valence-corrected chi connectivity index (χ2v) is 6.67. The first-order valence-electron chi connectivity index (χ1n) is 7.49. The Bertz CT molecular complexity index is 636. The van der Waals surface area contributed by atoms with E-state index < -0.39 is 0 Å². The molecule has 0 fully saturated rings. The molecule has 112 valence electrons. The van der Waals surface area contributed by atoms with Crippen molar-refractivity contribution >= 4 is 11.3 Å².